The van der Waals surface area contributed by atoms with E-state index in [-0.39, 0.29) is 12.0 Å². The summed E-state index contributed by atoms with van der Waals surface area (Å²) < 4.78 is 0. The summed E-state index contributed by atoms with van der Waals surface area (Å²) in [5.41, 5.74) is 0. The molecule has 0 aromatic heterocycles. The maximum absolute atomic E-state index is 10.8. The van der Waals surface area contributed by atoms with Crippen LogP contribution in [0, 0.1) is 11.8 Å². The maximum Gasteiger partial charge on any atom is 0.308 e. The van der Waals surface area contributed by atoms with Crippen LogP contribution >= 0.6 is 0 Å². The van der Waals surface area contributed by atoms with Gasteiger partial charge in [0.15, 0.2) is 0 Å². The molecule has 0 amide bonds. The Morgan fingerprint density at radius 2 is 2.27 bits per heavy atom. The van der Waals surface area contributed by atoms with Gasteiger partial charge in [0.1, 0.15) is 0 Å². The van der Waals surface area contributed by atoms with E-state index in [1.807, 2.05) is 0 Å². The molecule has 2 aliphatic rings. The van der Waals surface area contributed by atoms with Crippen molar-refractivity contribution in [2.45, 2.75) is 25.3 Å². The summed E-state index contributed by atoms with van der Waals surface area (Å²) in [6.45, 7) is 0.918. The molecule has 2 fully saturated rings. The minimum atomic E-state index is -0.607. The predicted octanol–water partition coefficient (Wildman–Crippen LogP) is 0.459. The van der Waals surface area contributed by atoms with Crippen molar-refractivity contribution in [3.63, 3.8) is 0 Å². The molecule has 3 heteroatoms. The van der Waals surface area contributed by atoms with Gasteiger partial charge in [-0.3, -0.25) is 4.79 Å². The van der Waals surface area contributed by atoms with Crippen molar-refractivity contribution >= 4 is 5.97 Å². The van der Waals surface area contributed by atoms with E-state index in [1.54, 1.807) is 0 Å². The van der Waals surface area contributed by atoms with Gasteiger partial charge in [-0.05, 0) is 25.3 Å². The molecule has 62 valence electrons. The Balaban J connectivity index is 2.15. The van der Waals surface area contributed by atoms with E-state index in [9.17, 15) is 4.79 Å². The molecule has 0 aromatic rings. The van der Waals surface area contributed by atoms with Gasteiger partial charge in [-0.15, -0.1) is 0 Å². The molecule has 1 aliphatic carbocycles. The molecular formula is C8H13NO2. The standard InChI is InChI=1S/C8H13NO2/c10-8(11)7-5-2-1-3-6(7)9-4-5/h5-7,9H,1-4H2,(H,10,11). The highest BCUT2D eigenvalue weighted by atomic mass is 16.4. The number of nitrogens with one attached hydrogen (secondary N) is 1. The first-order valence-electron chi connectivity index (χ1n) is 4.25. The lowest BCUT2D eigenvalue weighted by molar-refractivity contribution is -0.144. The zero-order valence-electron chi connectivity index (χ0n) is 6.42. The van der Waals surface area contributed by atoms with E-state index in [1.165, 1.54) is 6.42 Å². The molecule has 0 radical (unpaired) electrons. The fraction of sp³-hybridized carbons (Fsp3) is 0.875. The van der Waals surface area contributed by atoms with Crippen LogP contribution in [0.2, 0.25) is 0 Å². The number of carbonyl (C=O) groups is 1. The number of rotatable bonds is 1. The Labute approximate surface area is 65.8 Å². The van der Waals surface area contributed by atoms with Crippen molar-refractivity contribution in [1.82, 2.24) is 5.32 Å². The van der Waals surface area contributed by atoms with Crippen molar-refractivity contribution < 1.29 is 9.90 Å². The smallest absolute Gasteiger partial charge is 0.308 e. The Morgan fingerprint density at radius 1 is 1.45 bits per heavy atom. The Morgan fingerprint density at radius 3 is 2.82 bits per heavy atom. The predicted molar refractivity (Wildman–Crippen MR) is 40.3 cm³/mol. The molecule has 0 spiro atoms. The van der Waals surface area contributed by atoms with Crippen LogP contribution in [0.25, 0.3) is 0 Å². The SMILES string of the molecule is O=C(O)C1C2CCCC1NC2. The fourth-order valence-corrected chi connectivity index (χ4v) is 2.42. The van der Waals surface area contributed by atoms with Crippen LogP contribution in [0.3, 0.4) is 0 Å². The van der Waals surface area contributed by atoms with Gasteiger partial charge in [-0.1, -0.05) is 6.42 Å². The third-order valence-corrected chi connectivity index (χ3v) is 2.96. The summed E-state index contributed by atoms with van der Waals surface area (Å²) in [6, 6.07) is 0.270. The van der Waals surface area contributed by atoms with E-state index < -0.39 is 5.97 Å². The van der Waals surface area contributed by atoms with Gasteiger partial charge in [0.05, 0.1) is 5.92 Å². The van der Waals surface area contributed by atoms with Crippen molar-refractivity contribution in [1.29, 1.82) is 0 Å². The summed E-state index contributed by atoms with van der Waals surface area (Å²) >= 11 is 0. The molecule has 2 bridgehead atoms. The zero-order valence-corrected chi connectivity index (χ0v) is 6.42. The summed E-state index contributed by atoms with van der Waals surface area (Å²) in [4.78, 5) is 10.8. The number of hydrogen-bond acceptors (Lipinski definition) is 2. The maximum atomic E-state index is 10.8. The summed E-state index contributed by atoms with van der Waals surface area (Å²) in [5, 5.41) is 12.1. The molecule has 3 nitrogen and oxygen atoms in total. The zero-order chi connectivity index (χ0) is 7.84. The van der Waals surface area contributed by atoms with Gasteiger partial charge < -0.3 is 10.4 Å². The summed E-state index contributed by atoms with van der Waals surface area (Å²) in [5.74, 6) is -0.292. The second-order valence-corrected chi connectivity index (χ2v) is 3.57. The lowest BCUT2D eigenvalue weighted by Crippen LogP contribution is -2.35. The first-order chi connectivity index (χ1) is 5.29. The van der Waals surface area contributed by atoms with E-state index in [0.29, 0.717) is 5.92 Å². The first kappa shape index (κ1) is 7.10. The largest absolute Gasteiger partial charge is 0.481 e. The number of aliphatic carboxylic acids is 1. The number of fused-ring (bicyclic) bond motifs is 2. The van der Waals surface area contributed by atoms with Crippen LogP contribution in [0.5, 0.6) is 0 Å². The highest BCUT2D eigenvalue weighted by molar-refractivity contribution is 5.72. The van der Waals surface area contributed by atoms with Crippen LogP contribution in [0.1, 0.15) is 19.3 Å². The molecule has 3 unspecified atom stereocenters. The van der Waals surface area contributed by atoms with Crippen LogP contribution in [-0.2, 0) is 4.79 Å². The van der Waals surface area contributed by atoms with Gasteiger partial charge in [0, 0.05) is 6.04 Å². The molecule has 1 saturated carbocycles. The number of carboxylic acids is 1. The molecule has 1 saturated heterocycles. The highest BCUT2D eigenvalue weighted by Gasteiger charge is 2.42. The summed E-state index contributed by atoms with van der Waals surface area (Å²) in [7, 11) is 0. The van der Waals surface area contributed by atoms with Crippen LogP contribution in [0.15, 0.2) is 0 Å². The average molecular weight is 155 g/mol. The molecule has 2 rings (SSSR count). The molecule has 0 aromatic carbocycles. The molecule has 3 atom stereocenters. The second-order valence-electron chi connectivity index (χ2n) is 3.57. The number of carboxylic acid groups (broad SMARTS) is 1. The van der Waals surface area contributed by atoms with E-state index in [2.05, 4.69) is 5.32 Å². The molecule has 2 N–H and O–H groups in total. The topological polar surface area (TPSA) is 49.3 Å². The van der Waals surface area contributed by atoms with Crippen LogP contribution < -0.4 is 5.32 Å². The van der Waals surface area contributed by atoms with Crippen LogP contribution in [0.4, 0.5) is 0 Å². The minimum absolute atomic E-state index is 0.0938. The monoisotopic (exact) mass is 155 g/mol. The van der Waals surface area contributed by atoms with E-state index in [4.69, 9.17) is 5.11 Å². The quantitative estimate of drug-likeness (QED) is 0.578. The van der Waals surface area contributed by atoms with Gasteiger partial charge in [-0.25, -0.2) is 0 Å². The Kier molecular flexibility index (Phi) is 1.60. The van der Waals surface area contributed by atoms with Crippen LogP contribution in [-0.4, -0.2) is 23.7 Å². The van der Waals surface area contributed by atoms with Gasteiger partial charge in [0.25, 0.3) is 0 Å². The molecule has 1 aliphatic heterocycles. The lowest BCUT2D eigenvalue weighted by Gasteiger charge is -2.24. The molecule has 11 heavy (non-hydrogen) atoms. The molecule has 1 heterocycles. The number of hydrogen-bond donors (Lipinski definition) is 2. The fourth-order valence-electron chi connectivity index (χ4n) is 2.42. The third kappa shape index (κ3) is 1.03. The van der Waals surface area contributed by atoms with Gasteiger partial charge in [0.2, 0.25) is 0 Å². The van der Waals surface area contributed by atoms with Gasteiger partial charge >= 0.3 is 5.97 Å². The Hall–Kier alpha value is -0.570. The van der Waals surface area contributed by atoms with Crippen molar-refractivity contribution in [2.75, 3.05) is 6.54 Å². The lowest BCUT2D eigenvalue weighted by atomic mass is 9.80. The minimum Gasteiger partial charge on any atom is -0.481 e. The van der Waals surface area contributed by atoms with Crippen molar-refractivity contribution in [3.8, 4) is 0 Å². The Bertz CT molecular complexity index is 165. The normalized spacial score (nSPS) is 42.4. The van der Waals surface area contributed by atoms with Crippen molar-refractivity contribution in [2.24, 2.45) is 11.8 Å². The highest BCUT2D eigenvalue weighted by Crippen LogP contribution is 2.34. The third-order valence-electron chi connectivity index (χ3n) is 2.96. The molecular weight excluding hydrogens is 142 g/mol. The van der Waals surface area contributed by atoms with E-state index in [0.717, 1.165) is 19.4 Å². The second kappa shape index (κ2) is 2.48. The summed E-state index contributed by atoms with van der Waals surface area (Å²) in [6.07, 6.45) is 3.35. The first-order valence-corrected chi connectivity index (χ1v) is 4.25. The van der Waals surface area contributed by atoms with E-state index >= 15 is 0 Å². The van der Waals surface area contributed by atoms with Gasteiger partial charge in [-0.2, -0.15) is 0 Å². The average Bonchev–Trinajstić information content (AvgIpc) is 2.23. The van der Waals surface area contributed by atoms with Crippen molar-refractivity contribution in [3.05, 3.63) is 0 Å².